The summed E-state index contributed by atoms with van der Waals surface area (Å²) in [5, 5.41) is 2.11. The minimum atomic E-state index is 0.831. The fourth-order valence-corrected chi connectivity index (χ4v) is 7.03. The summed E-state index contributed by atoms with van der Waals surface area (Å²) in [6.07, 6.45) is 0. The zero-order valence-corrected chi connectivity index (χ0v) is 25.2. The molecular weight excluding hydrogens is 576 g/mol. The summed E-state index contributed by atoms with van der Waals surface area (Å²) >= 11 is 0. The fourth-order valence-electron chi connectivity index (χ4n) is 7.03. The maximum atomic E-state index is 6.79. The van der Waals surface area contributed by atoms with Crippen molar-refractivity contribution in [1.29, 1.82) is 0 Å². The number of hydrogen-bond acceptors (Lipinski definition) is 3. The Kier molecular flexibility index (Phi) is 5.51. The maximum Gasteiger partial charge on any atom is 0.220 e. The number of pyridine rings is 1. The lowest BCUT2D eigenvalue weighted by molar-refractivity contribution is 0.670. The highest BCUT2D eigenvalue weighted by Gasteiger charge is 2.22. The first-order chi connectivity index (χ1) is 23.3. The van der Waals surface area contributed by atoms with Crippen LogP contribution in [0.4, 0.5) is 0 Å². The molecule has 0 spiro atoms. The molecule has 10 rings (SSSR count). The first-order valence-corrected chi connectivity index (χ1v) is 15.8. The van der Waals surface area contributed by atoms with Gasteiger partial charge in [0.1, 0.15) is 11.2 Å². The summed E-state index contributed by atoms with van der Waals surface area (Å²) in [6.45, 7) is 0. The van der Waals surface area contributed by atoms with Crippen molar-refractivity contribution in [3.05, 3.63) is 158 Å². The van der Waals surface area contributed by atoms with E-state index in [1.165, 1.54) is 0 Å². The van der Waals surface area contributed by atoms with E-state index in [1.54, 1.807) is 0 Å². The van der Waals surface area contributed by atoms with Crippen LogP contribution in [0.2, 0.25) is 0 Å². The SMILES string of the molecule is c1ccc(-c2cc(-c3cccc4c3oc3cccc(-n5c6ccccc6n6c7ccccc7nc56)c34)cc(-c3ccccc3)n2)cc1. The number of benzene rings is 6. The largest absolute Gasteiger partial charge is 0.455 e. The predicted molar refractivity (Wildman–Crippen MR) is 191 cm³/mol. The second-order valence-corrected chi connectivity index (χ2v) is 11.9. The molecule has 0 aliphatic heterocycles. The van der Waals surface area contributed by atoms with Crippen LogP contribution < -0.4 is 0 Å². The van der Waals surface area contributed by atoms with Crippen molar-refractivity contribution in [2.24, 2.45) is 0 Å². The molecule has 4 aromatic heterocycles. The van der Waals surface area contributed by atoms with Crippen LogP contribution in [0.25, 0.3) is 89.1 Å². The van der Waals surface area contributed by atoms with Crippen molar-refractivity contribution < 1.29 is 4.42 Å². The fraction of sp³-hybridized carbons (Fsp3) is 0. The molecule has 0 N–H and O–H groups in total. The lowest BCUT2D eigenvalue weighted by Crippen LogP contribution is -1.95. The Hall–Kier alpha value is -6.46. The van der Waals surface area contributed by atoms with Crippen LogP contribution in [0, 0.1) is 0 Å². The van der Waals surface area contributed by atoms with Crippen molar-refractivity contribution in [2.75, 3.05) is 0 Å². The van der Waals surface area contributed by atoms with Crippen LogP contribution in [0.15, 0.2) is 162 Å². The van der Waals surface area contributed by atoms with Gasteiger partial charge in [-0.3, -0.25) is 8.97 Å². The monoisotopic (exact) mass is 602 g/mol. The molecule has 0 radical (unpaired) electrons. The van der Waals surface area contributed by atoms with E-state index in [9.17, 15) is 0 Å². The first kappa shape index (κ1) is 25.8. The molecule has 0 aliphatic carbocycles. The van der Waals surface area contributed by atoms with Gasteiger partial charge in [0.2, 0.25) is 5.78 Å². The van der Waals surface area contributed by atoms with Crippen molar-refractivity contribution in [2.45, 2.75) is 0 Å². The van der Waals surface area contributed by atoms with Gasteiger partial charge in [-0.1, -0.05) is 109 Å². The van der Waals surface area contributed by atoms with Crippen LogP contribution in [0.1, 0.15) is 0 Å². The highest BCUT2D eigenvalue weighted by molar-refractivity contribution is 6.14. The molecule has 5 nitrogen and oxygen atoms in total. The number of rotatable bonds is 4. The van der Waals surface area contributed by atoms with Gasteiger partial charge < -0.3 is 4.42 Å². The zero-order valence-electron chi connectivity index (χ0n) is 25.2. The third-order valence-corrected chi connectivity index (χ3v) is 9.12. The summed E-state index contributed by atoms with van der Waals surface area (Å²) < 4.78 is 11.3. The molecular formula is C42H26N4O. The summed E-state index contributed by atoms with van der Waals surface area (Å²) in [7, 11) is 0. The quantitative estimate of drug-likeness (QED) is 0.201. The normalized spacial score (nSPS) is 11.8. The Labute approximate surface area is 269 Å². The molecule has 0 aliphatic rings. The molecule has 0 bridgehead atoms. The van der Waals surface area contributed by atoms with Gasteiger partial charge in [0.15, 0.2) is 0 Å². The number of imidazole rings is 2. The number of aromatic nitrogens is 4. The van der Waals surface area contributed by atoms with Crippen LogP contribution in [0.5, 0.6) is 0 Å². The van der Waals surface area contributed by atoms with Crippen LogP contribution >= 0.6 is 0 Å². The lowest BCUT2D eigenvalue weighted by atomic mass is 9.98. The van der Waals surface area contributed by atoms with E-state index in [4.69, 9.17) is 14.4 Å². The molecule has 0 amide bonds. The summed E-state index contributed by atoms with van der Waals surface area (Å²) in [5.41, 5.74) is 13.0. The molecule has 5 heteroatoms. The van der Waals surface area contributed by atoms with Gasteiger partial charge in [-0.05, 0) is 54.1 Å². The minimum Gasteiger partial charge on any atom is -0.455 e. The molecule has 0 unspecified atom stereocenters. The zero-order chi connectivity index (χ0) is 30.9. The third kappa shape index (κ3) is 3.90. The van der Waals surface area contributed by atoms with E-state index in [1.807, 2.05) is 18.2 Å². The first-order valence-electron chi connectivity index (χ1n) is 15.8. The topological polar surface area (TPSA) is 48.3 Å². The van der Waals surface area contributed by atoms with Gasteiger partial charge in [0.05, 0.1) is 44.5 Å². The molecule has 0 fully saturated rings. The molecule has 0 saturated heterocycles. The molecule has 0 saturated carbocycles. The summed E-state index contributed by atoms with van der Waals surface area (Å²) in [5.74, 6) is 0.875. The number of furan rings is 1. The standard InChI is InChI=1S/C42H26N4O/c1-3-13-27(14-4-1)33-25-29(26-34(43-33)28-15-5-2-6-16-28)30-17-11-18-31-40-38(23-12-24-39(40)47-41(30)31)46-37-22-10-9-21-36(37)45-35-20-8-7-19-32(35)44-42(45)46/h1-26H. The summed E-state index contributed by atoms with van der Waals surface area (Å²) in [4.78, 5) is 10.2. The Balaban J connectivity index is 1.25. The molecule has 220 valence electrons. The smallest absolute Gasteiger partial charge is 0.220 e. The van der Waals surface area contributed by atoms with Crippen LogP contribution in [-0.2, 0) is 0 Å². The van der Waals surface area contributed by atoms with Crippen molar-refractivity contribution >= 4 is 49.8 Å². The molecule has 4 heterocycles. The highest BCUT2D eigenvalue weighted by Crippen LogP contribution is 2.41. The minimum absolute atomic E-state index is 0.831. The van der Waals surface area contributed by atoms with Gasteiger partial charge in [-0.15, -0.1) is 0 Å². The lowest BCUT2D eigenvalue weighted by Gasteiger charge is -2.11. The second kappa shape index (κ2) is 10.0. The van der Waals surface area contributed by atoms with Gasteiger partial charge >= 0.3 is 0 Å². The highest BCUT2D eigenvalue weighted by atomic mass is 16.3. The molecule has 0 atom stereocenters. The third-order valence-electron chi connectivity index (χ3n) is 9.12. The van der Waals surface area contributed by atoms with Crippen LogP contribution in [0.3, 0.4) is 0 Å². The van der Waals surface area contributed by atoms with Crippen LogP contribution in [-0.4, -0.2) is 18.9 Å². The van der Waals surface area contributed by atoms with E-state index in [0.29, 0.717) is 0 Å². The summed E-state index contributed by atoms with van der Waals surface area (Å²) in [6, 6.07) is 54.6. The van der Waals surface area contributed by atoms with E-state index < -0.39 is 0 Å². The average Bonchev–Trinajstić information content (AvgIpc) is 3.81. The molecule has 6 aromatic carbocycles. The Morgan fingerprint density at radius 2 is 1.13 bits per heavy atom. The number of hydrogen-bond donors (Lipinski definition) is 0. The molecule has 47 heavy (non-hydrogen) atoms. The van der Waals surface area contributed by atoms with Crippen molar-refractivity contribution in [3.8, 4) is 39.3 Å². The maximum absolute atomic E-state index is 6.79. The van der Waals surface area contributed by atoms with E-state index in [0.717, 1.165) is 89.1 Å². The van der Waals surface area contributed by atoms with E-state index in [2.05, 4.69) is 148 Å². The molecule has 10 aromatic rings. The Morgan fingerprint density at radius 1 is 0.489 bits per heavy atom. The van der Waals surface area contributed by atoms with Gasteiger partial charge in [0.25, 0.3) is 0 Å². The Bertz CT molecular complexity index is 2730. The van der Waals surface area contributed by atoms with E-state index >= 15 is 0 Å². The van der Waals surface area contributed by atoms with Gasteiger partial charge in [-0.25, -0.2) is 9.97 Å². The predicted octanol–water partition coefficient (Wildman–Crippen LogP) is 10.7. The van der Waals surface area contributed by atoms with Gasteiger partial charge in [0, 0.05) is 22.1 Å². The number of nitrogens with zero attached hydrogens (tertiary/aromatic N) is 4. The number of fused-ring (bicyclic) bond motifs is 8. The Morgan fingerprint density at radius 3 is 1.87 bits per heavy atom. The van der Waals surface area contributed by atoms with Gasteiger partial charge in [-0.2, -0.15) is 0 Å². The van der Waals surface area contributed by atoms with Crippen molar-refractivity contribution in [3.63, 3.8) is 0 Å². The van der Waals surface area contributed by atoms with E-state index in [-0.39, 0.29) is 0 Å². The van der Waals surface area contributed by atoms with Crippen molar-refractivity contribution in [1.82, 2.24) is 18.9 Å². The number of para-hydroxylation sites is 5. The second-order valence-electron chi connectivity index (χ2n) is 11.9. The average molecular weight is 603 g/mol.